The fourth-order valence-electron chi connectivity index (χ4n) is 3.29. The van der Waals surface area contributed by atoms with E-state index in [0.29, 0.717) is 17.0 Å². The molecule has 29 heavy (non-hydrogen) atoms. The molecule has 0 unspecified atom stereocenters. The molecule has 1 N–H and O–H groups in total. The van der Waals surface area contributed by atoms with Crippen molar-refractivity contribution in [1.29, 1.82) is 0 Å². The average molecular weight is 387 g/mol. The minimum absolute atomic E-state index is 0.188. The molecule has 5 heteroatoms. The largest absolute Gasteiger partial charge is 0.505 e. The first-order valence-electron chi connectivity index (χ1n) is 9.67. The molecule has 0 amide bonds. The van der Waals surface area contributed by atoms with Crippen molar-refractivity contribution in [2.45, 2.75) is 40.0 Å². The summed E-state index contributed by atoms with van der Waals surface area (Å²) in [5.74, 6) is 1.67. The number of ether oxygens (including phenoxy) is 1. The highest BCUT2D eigenvalue weighted by molar-refractivity contribution is 5.76. The van der Waals surface area contributed by atoms with Crippen molar-refractivity contribution in [3.05, 3.63) is 71.3 Å². The molecule has 0 saturated heterocycles. The molecule has 5 nitrogen and oxygen atoms in total. The molecule has 3 aromatic carbocycles. The molecule has 4 rings (SSSR count). The molecular weight excluding hydrogens is 362 g/mol. The van der Waals surface area contributed by atoms with Crippen LogP contribution in [0.4, 0.5) is 0 Å². The first kappa shape index (κ1) is 19.0. The summed E-state index contributed by atoms with van der Waals surface area (Å²) in [6, 6.07) is 17.4. The smallest absolute Gasteiger partial charge is 0.146 e. The molecule has 0 aliphatic carbocycles. The Morgan fingerprint density at radius 2 is 1.45 bits per heavy atom. The van der Waals surface area contributed by atoms with E-state index in [4.69, 9.17) is 4.74 Å². The minimum Gasteiger partial charge on any atom is -0.505 e. The molecule has 0 bridgehead atoms. The van der Waals surface area contributed by atoms with Crippen molar-refractivity contribution in [2.75, 3.05) is 0 Å². The summed E-state index contributed by atoms with van der Waals surface area (Å²) in [6.45, 7) is 10.3. The van der Waals surface area contributed by atoms with Crippen LogP contribution in [0.5, 0.6) is 17.2 Å². The summed E-state index contributed by atoms with van der Waals surface area (Å²) in [5, 5.41) is 20.0. The van der Waals surface area contributed by atoms with Gasteiger partial charge in [-0.1, -0.05) is 44.5 Å². The van der Waals surface area contributed by atoms with E-state index in [2.05, 4.69) is 31.0 Å². The van der Waals surface area contributed by atoms with Gasteiger partial charge in [-0.2, -0.15) is 0 Å². The Morgan fingerprint density at radius 1 is 0.793 bits per heavy atom. The number of hydrogen-bond acceptors (Lipinski definition) is 4. The minimum atomic E-state index is -0.188. The zero-order chi connectivity index (χ0) is 20.8. The molecular formula is C24H25N3O2. The van der Waals surface area contributed by atoms with E-state index in [1.54, 1.807) is 0 Å². The third kappa shape index (κ3) is 3.81. The quantitative estimate of drug-likeness (QED) is 0.480. The molecule has 0 saturated carbocycles. The van der Waals surface area contributed by atoms with Gasteiger partial charge in [0, 0.05) is 11.6 Å². The number of rotatable bonds is 3. The Kier molecular flexibility index (Phi) is 4.53. The molecule has 0 radical (unpaired) electrons. The SMILES string of the molecule is Cc1ccc(Oc2ccc3nn(-c4cc(C)cc(C(C)(C)C)c4O)nc3c2)cc1. The molecule has 4 aromatic rings. The number of fused-ring (bicyclic) bond motifs is 1. The van der Waals surface area contributed by atoms with Crippen LogP contribution >= 0.6 is 0 Å². The summed E-state index contributed by atoms with van der Waals surface area (Å²) in [4.78, 5) is 1.50. The van der Waals surface area contributed by atoms with Gasteiger partial charge < -0.3 is 9.84 Å². The molecule has 1 aromatic heterocycles. The summed E-state index contributed by atoms with van der Waals surface area (Å²) < 4.78 is 5.94. The van der Waals surface area contributed by atoms with Gasteiger partial charge in [-0.25, -0.2) is 0 Å². The maximum Gasteiger partial charge on any atom is 0.146 e. The van der Waals surface area contributed by atoms with Crippen LogP contribution < -0.4 is 4.74 Å². The Bertz CT molecular complexity index is 1190. The number of phenolic OH excluding ortho intramolecular Hbond substituents is 1. The van der Waals surface area contributed by atoms with E-state index in [1.807, 2.05) is 68.4 Å². The van der Waals surface area contributed by atoms with Crippen molar-refractivity contribution >= 4 is 11.0 Å². The van der Waals surface area contributed by atoms with Crippen LogP contribution in [0.1, 0.15) is 37.5 Å². The van der Waals surface area contributed by atoms with Crippen LogP contribution in [-0.2, 0) is 5.41 Å². The first-order chi connectivity index (χ1) is 13.7. The number of aromatic nitrogens is 3. The molecule has 0 fully saturated rings. The van der Waals surface area contributed by atoms with Gasteiger partial charge in [-0.05, 0) is 55.2 Å². The van der Waals surface area contributed by atoms with Crippen LogP contribution in [0.2, 0.25) is 0 Å². The Hall–Kier alpha value is -3.34. The molecule has 0 aliphatic heterocycles. The lowest BCUT2D eigenvalue weighted by molar-refractivity contribution is 0.440. The zero-order valence-electron chi connectivity index (χ0n) is 17.4. The zero-order valence-corrected chi connectivity index (χ0v) is 17.4. The van der Waals surface area contributed by atoms with Crippen molar-refractivity contribution in [3.63, 3.8) is 0 Å². The van der Waals surface area contributed by atoms with Gasteiger partial charge >= 0.3 is 0 Å². The van der Waals surface area contributed by atoms with E-state index in [1.165, 1.54) is 10.4 Å². The fourth-order valence-corrected chi connectivity index (χ4v) is 3.29. The Morgan fingerprint density at radius 3 is 2.14 bits per heavy atom. The number of aryl methyl sites for hydroxylation is 2. The van der Waals surface area contributed by atoms with E-state index in [0.717, 1.165) is 22.4 Å². The number of nitrogens with zero attached hydrogens (tertiary/aromatic N) is 3. The Balaban J connectivity index is 1.73. The molecule has 1 heterocycles. The Labute approximate surface area is 170 Å². The standard InChI is InChI=1S/C24H25N3O2/c1-15-6-8-17(9-7-15)29-18-10-11-20-21(14-18)26-27(25-20)22-13-16(2)12-19(23(22)28)24(3,4)5/h6-14,28H,1-5H3. The second-order valence-corrected chi connectivity index (χ2v) is 8.49. The van der Waals surface area contributed by atoms with Crippen LogP contribution in [0.15, 0.2) is 54.6 Å². The van der Waals surface area contributed by atoms with Crippen molar-refractivity contribution < 1.29 is 9.84 Å². The van der Waals surface area contributed by atoms with Crippen molar-refractivity contribution in [1.82, 2.24) is 15.0 Å². The number of phenols is 1. The van der Waals surface area contributed by atoms with E-state index < -0.39 is 0 Å². The van der Waals surface area contributed by atoms with Gasteiger partial charge in [0.25, 0.3) is 0 Å². The normalized spacial score (nSPS) is 11.8. The molecule has 0 atom stereocenters. The summed E-state index contributed by atoms with van der Waals surface area (Å²) in [5.41, 5.74) is 4.93. The van der Waals surface area contributed by atoms with Gasteiger partial charge in [-0.3, -0.25) is 0 Å². The highest BCUT2D eigenvalue weighted by Gasteiger charge is 2.22. The molecule has 0 aliphatic rings. The molecule has 0 spiro atoms. The first-order valence-corrected chi connectivity index (χ1v) is 9.67. The fraction of sp³-hybridized carbons (Fsp3) is 0.250. The topological polar surface area (TPSA) is 60.2 Å². The monoisotopic (exact) mass is 387 g/mol. The highest BCUT2D eigenvalue weighted by atomic mass is 16.5. The van der Waals surface area contributed by atoms with E-state index >= 15 is 0 Å². The summed E-state index contributed by atoms with van der Waals surface area (Å²) >= 11 is 0. The third-order valence-corrected chi connectivity index (χ3v) is 4.87. The number of benzene rings is 3. The van der Waals surface area contributed by atoms with Gasteiger partial charge in [0.05, 0.1) is 0 Å². The van der Waals surface area contributed by atoms with Crippen molar-refractivity contribution in [3.8, 4) is 22.9 Å². The lowest BCUT2D eigenvalue weighted by atomic mass is 9.85. The van der Waals surface area contributed by atoms with Crippen LogP contribution in [-0.4, -0.2) is 20.1 Å². The van der Waals surface area contributed by atoms with Gasteiger partial charge in [0.15, 0.2) is 0 Å². The number of aromatic hydroxyl groups is 1. The predicted molar refractivity (Wildman–Crippen MR) is 115 cm³/mol. The van der Waals surface area contributed by atoms with Gasteiger partial charge in [-0.15, -0.1) is 15.0 Å². The second-order valence-electron chi connectivity index (χ2n) is 8.49. The van der Waals surface area contributed by atoms with Crippen molar-refractivity contribution in [2.24, 2.45) is 0 Å². The van der Waals surface area contributed by atoms with Crippen LogP contribution in [0, 0.1) is 13.8 Å². The summed E-state index contributed by atoms with van der Waals surface area (Å²) in [7, 11) is 0. The molecule has 148 valence electrons. The maximum atomic E-state index is 10.9. The van der Waals surface area contributed by atoms with Crippen LogP contribution in [0.3, 0.4) is 0 Å². The van der Waals surface area contributed by atoms with E-state index in [9.17, 15) is 5.11 Å². The summed E-state index contributed by atoms with van der Waals surface area (Å²) in [6.07, 6.45) is 0. The van der Waals surface area contributed by atoms with Crippen LogP contribution in [0.25, 0.3) is 16.7 Å². The van der Waals surface area contributed by atoms with Gasteiger partial charge in [0.2, 0.25) is 0 Å². The third-order valence-electron chi connectivity index (χ3n) is 4.87. The number of hydrogen-bond donors (Lipinski definition) is 1. The lowest BCUT2D eigenvalue weighted by Crippen LogP contribution is -2.13. The second kappa shape index (κ2) is 6.92. The van der Waals surface area contributed by atoms with Gasteiger partial charge in [0.1, 0.15) is 34.0 Å². The average Bonchev–Trinajstić information content (AvgIpc) is 3.07. The highest BCUT2D eigenvalue weighted by Crippen LogP contribution is 2.36. The maximum absolute atomic E-state index is 10.9. The van der Waals surface area contributed by atoms with E-state index in [-0.39, 0.29) is 11.2 Å². The predicted octanol–water partition coefficient (Wildman–Crippen LogP) is 5.83. The lowest BCUT2D eigenvalue weighted by Gasteiger charge is -2.22.